The molecule has 2 aromatic rings. The van der Waals surface area contributed by atoms with Crippen molar-refractivity contribution >= 4 is 23.9 Å². The van der Waals surface area contributed by atoms with Crippen molar-refractivity contribution in [1.29, 1.82) is 0 Å². The Bertz CT molecular complexity index is 983. The second-order valence-corrected chi connectivity index (χ2v) is 7.98. The lowest BCUT2D eigenvalue weighted by atomic mass is 10.2. The van der Waals surface area contributed by atoms with Crippen LogP contribution < -0.4 is 10.6 Å². The molecule has 1 aliphatic heterocycles. The van der Waals surface area contributed by atoms with Crippen LogP contribution in [0, 0.1) is 0 Å². The van der Waals surface area contributed by atoms with Gasteiger partial charge in [-0.05, 0) is 30.9 Å². The van der Waals surface area contributed by atoms with Crippen molar-refractivity contribution in [2.75, 3.05) is 13.1 Å². The van der Waals surface area contributed by atoms with E-state index in [4.69, 9.17) is 9.47 Å². The number of alkyl carbamates (subject to hydrolysis) is 1. The first-order chi connectivity index (χ1) is 16.4. The maximum Gasteiger partial charge on any atom is 0.407 e. The number of ether oxygens (including phenoxy) is 2. The van der Waals surface area contributed by atoms with Gasteiger partial charge in [0, 0.05) is 6.54 Å². The topological polar surface area (TPSA) is 114 Å². The molecule has 2 N–H and O–H groups in total. The highest BCUT2D eigenvalue weighted by Crippen LogP contribution is 2.17. The molecule has 1 aliphatic rings. The molecular formula is C25H29N3O6. The van der Waals surface area contributed by atoms with Crippen molar-refractivity contribution < 1.29 is 28.7 Å². The van der Waals surface area contributed by atoms with Crippen LogP contribution in [0.2, 0.25) is 0 Å². The highest BCUT2D eigenvalue weighted by Gasteiger charge is 2.35. The Morgan fingerprint density at radius 3 is 2.15 bits per heavy atom. The number of carbonyl (C=O) groups is 4. The van der Waals surface area contributed by atoms with Gasteiger partial charge in [-0.15, -0.1) is 0 Å². The molecule has 9 heteroatoms. The van der Waals surface area contributed by atoms with E-state index in [1.165, 1.54) is 11.8 Å². The van der Waals surface area contributed by atoms with Crippen LogP contribution in [-0.4, -0.2) is 54.0 Å². The van der Waals surface area contributed by atoms with E-state index < -0.39 is 36.0 Å². The molecule has 0 spiro atoms. The molecule has 2 aromatic carbocycles. The average molecular weight is 468 g/mol. The van der Waals surface area contributed by atoms with E-state index in [-0.39, 0.29) is 19.8 Å². The minimum Gasteiger partial charge on any atom is -0.459 e. The third-order valence-corrected chi connectivity index (χ3v) is 5.41. The van der Waals surface area contributed by atoms with Gasteiger partial charge in [0.1, 0.15) is 31.8 Å². The second-order valence-electron chi connectivity index (χ2n) is 7.98. The summed E-state index contributed by atoms with van der Waals surface area (Å²) in [7, 11) is 0. The molecule has 34 heavy (non-hydrogen) atoms. The number of nitrogens with one attached hydrogen (secondary N) is 2. The quantitative estimate of drug-likeness (QED) is 0.547. The van der Waals surface area contributed by atoms with E-state index in [9.17, 15) is 19.2 Å². The van der Waals surface area contributed by atoms with Gasteiger partial charge in [0.25, 0.3) is 0 Å². The van der Waals surface area contributed by atoms with Gasteiger partial charge < -0.3 is 25.0 Å². The molecule has 0 aromatic heterocycles. The highest BCUT2D eigenvalue weighted by atomic mass is 16.5. The normalized spacial score (nSPS) is 15.8. The van der Waals surface area contributed by atoms with E-state index in [1.807, 2.05) is 60.7 Å². The Hall–Kier alpha value is -3.88. The molecule has 0 bridgehead atoms. The summed E-state index contributed by atoms with van der Waals surface area (Å²) in [5.41, 5.74) is 1.67. The first-order valence-electron chi connectivity index (χ1n) is 11.2. The summed E-state index contributed by atoms with van der Waals surface area (Å²) < 4.78 is 10.3. The van der Waals surface area contributed by atoms with E-state index in [0.717, 1.165) is 11.1 Å². The van der Waals surface area contributed by atoms with E-state index in [1.54, 1.807) is 0 Å². The SMILES string of the molecule is C[C@@H](NC(=O)[C@H]1CCCN1C(=O)CNC(=O)OCc1ccccc1)C(=O)OCc1ccccc1. The first-order valence-corrected chi connectivity index (χ1v) is 11.2. The van der Waals surface area contributed by atoms with Crippen molar-refractivity contribution in [1.82, 2.24) is 15.5 Å². The highest BCUT2D eigenvalue weighted by molar-refractivity contribution is 5.92. The van der Waals surface area contributed by atoms with E-state index >= 15 is 0 Å². The first kappa shape index (κ1) is 24.8. The zero-order valence-electron chi connectivity index (χ0n) is 19.1. The Balaban J connectivity index is 1.42. The largest absolute Gasteiger partial charge is 0.459 e. The van der Waals surface area contributed by atoms with Gasteiger partial charge in [-0.25, -0.2) is 9.59 Å². The number of esters is 1. The third-order valence-electron chi connectivity index (χ3n) is 5.41. The van der Waals surface area contributed by atoms with Gasteiger partial charge in [0.05, 0.1) is 0 Å². The average Bonchev–Trinajstić information content (AvgIpc) is 3.36. The maximum absolute atomic E-state index is 12.7. The predicted octanol–water partition coefficient (Wildman–Crippen LogP) is 2.15. The fourth-order valence-electron chi connectivity index (χ4n) is 3.58. The molecule has 0 saturated carbocycles. The molecule has 0 aliphatic carbocycles. The fraction of sp³-hybridized carbons (Fsp3) is 0.360. The number of rotatable bonds is 9. The molecule has 1 heterocycles. The van der Waals surface area contributed by atoms with Crippen molar-refractivity contribution in [2.24, 2.45) is 0 Å². The van der Waals surface area contributed by atoms with Crippen LogP contribution in [0.15, 0.2) is 60.7 Å². The molecule has 3 amide bonds. The number of hydrogen-bond donors (Lipinski definition) is 2. The molecule has 180 valence electrons. The van der Waals surface area contributed by atoms with Crippen LogP contribution in [0.1, 0.15) is 30.9 Å². The Labute approximate surface area is 198 Å². The van der Waals surface area contributed by atoms with Gasteiger partial charge in [-0.2, -0.15) is 0 Å². The molecule has 0 radical (unpaired) electrons. The Kier molecular flexibility index (Phi) is 9.02. The number of nitrogens with zero attached hydrogens (tertiary/aromatic N) is 1. The third kappa shape index (κ3) is 7.33. The number of carbonyl (C=O) groups excluding carboxylic acids is 4. The van der Waals surface area contributed by atoms with Crippen LogP contribution in [0.25, 0.3) is 0 Å². The zero-order chi connectivity index (χ0) is 24.3. The van der Waals surface area contributed by atoms with Gasteiger partial charge in [0.15, 0.2) is 0 Å². The molecule has 9 nitrogen and oxygen atoms in total. The van der Waals surface area contributed by atoms with Crippen LogP contribution >= 0.6 is 0 Å². The lowest BCUT2D eigenvalue weighted by Gasteiger charge is -2.25. The van der Waals surface area contributed by atoms with Crippen LogP contribution in [0.5, 0.6) is 0 Å². The molecule has 3 rings (SSSR count). The smallest absolute Gasteiger partial charge is 0.407 e. The molecule has 1 fully saturated rings. The number of hydrogen-bond acceptors (Lipinski definition) is 6. The Morgan fingerprint density at radius 1 is 0.941 bits per heavy atom. The van der Waals surface area contributed by atoms with Crippen LogP contribution in [-0.2, 0) is 37.1 Å². The van der Waals surface area contributed by atoms with E-state index in [0.29, 0.717) is 19.4 Å². The fourth-order valence-corrected chi connectivity index (χ4v) is 3.58. The summed E-state index contributed by atoms with van der Waals surface area (Å²) in [6, 6.07) is 16.8. The molecule has 1 saturated heterocycles. The van der Waals surface area contributed by atoms with Gasteiger partial charge in [-0.1, -0.05) is 60.7 Å². The van der Waals surface area contributed by atoms with Crippen molar-refractivity contribution in [3.05, 3.63) is 71.8 Å². The van der Waals surface area contributed by atoms with Crippen molar-refractivity contribution in [2.45, 2.75) is 45.1 Å². The lowest BCUT2D eigenvalue weighted by Crippen LogP contribution is -2.52. The lowest BCUT2D eigenvalue weighted by molar-refractivity contribution is -0.149. The summed E-state index contributed by atoms with van der Waals surface area (Å²) in [6.45, 7) is 1.85. The molecular weight excluding hydrogens is 438 g/mol. The predicted molar refractivity (Wildman–Crippen MR) is 123 cm³/mol. The van der Waals surface area contributed by atoms with Gasteiger partial charge in [-0.3, -0.25) is 9.59 Å². The zero-order valence-corrected chi connectivity index (χ0v) is 19.1. The second kappa shape index (κ2) is 12.4. The molecule has 2 atom stereocenters. The van der Waals surface area contributed by atoms with Crippen LogP contribution in [0.3, 0.4) is 0 Å². The van der Waals surface area contributed by atoms with Crippen LogP contribution in [0.4, 0.5) is 4.79 Å². The van der Waals surface area contributed by atoms with Gasteiger partial charge in [0.2, 0.25) is 11.8 Å². The summed E-state index contributed by atoms with van der Waals surface area (Å²) in [6.07, 6.45) is 0.406. The Morgan fingerprint density at radius 2 is 1.53 bits per heavy atom. The minimum atomic E-state index is -0.861. The number of amides is 3. The standard InChI is InChI=1S/C25H29N3O6/c1-18(24(31)33-16-19-9-4-2-5-10-19)27-23(30)21-13-8-14-28(21)22(29)15-26-25(32)34-17-20-11-6-3-7-12-20/h2-7,9-12,18,21H,8,13-17H2,1H3,(H,26,32)(H,27,30)/t18-,21-/m1/s1. The summed E-state index contributed by atoms with van der Waals surface area (Å²) >= 11 is 0. The van der Waals surface area contributed by atoms with Crippen molar-refractivity contribution in [3.8, 4) is 0 Å². The molecule has 0 unspecified atom stereocenters. The van der Waals surface area contributed by atoms with Gasteiger partial charge >= 0.3 is 12.1 Å². The number of benzene rings is 2. The summed E-state index contributed by atoms with van der Waals surface area (Å²) in [5, 5.41) is 5.05. The monoisotopic (exact) mass is 467 g/mol. The van der Waals surface area contributed by atoms with Crippen molar-refractivity contribution in [3.63, 3.8) is 0 Å². The number of likely N-dealkylation sites (tertiary alicyclic amines) is 1. The van der Waals surface area contributed by atoms with E-state index in [2.05, 4.69) is 10.6 Å². The minimum absolute atomic E-state index is 0.0911. The summed E-state index contributed by atoms with van der Waals surface area (Å²) in [4.78, 5) is 50.9. The maximum atomic E-state index is 12.7. The summed E-state index contributed by atoms with van der Waals surface area (Å²) in [5.74, 6) is -1.38.